The number of likely N-dealkylation sites (N-methyl/N-ethyl adjacent to an activating group) is 1. The maximum absolute atomic E-state index is 16.5. The maximum Gasteiger partial charge on any atom is 0.416 e. The zero-order chi connectivity index (χ0) is 88.8. The third-order valence-corrected chi connectivity index (χ3v) is 22.7. The molecule has 3 saturated heterocycles. The van der Waals surface area contributed by atoms with E-state index >= 15 is 24.0 Å². The molecule has 8 aliphatic heterocycles. The number of hydrogen-bond acceptors (Lipinski definition) is 28. The van der Waals surface area contributed by atoms with Crippen LogP contribution < -0.4 is 68.2 Å². The predicted molar refractivity (Wildman–Crippen MR) is 420 cm³/mol. The molecule has 8 heterocycles. The number of benzene rings is 6. The molecule has 6 aromatic rings. The molecule has 6 aromatic carbocycles. The normalized spacial score (nSPS) is 30.4. The minimum absolute atomic E-state index is 0.129. The molecule has 0 spiro atoms. The second-order valence-electron chi connectivity index (χ2n) is 31.7. The van der Waals surface area contributed by atoms with Crippen LogP contribution in [0.2, 0.25) is 10.0 Å². The Morgan fingerprint density at radius 3 is 1.87 bits per heavy atom. The van der Waals surface area contributed by atoms with Gasteiger partial charge in [-0.2, -0.15) is 13.2 Å². The van der Waals surface area contributed by atoms with Crippen molar-refractivity contribution in [2.45, 2.75) is 213 Å². The van der Waals surface area contributed by atoms with Crippen LogP contribution in [-0.2, 0) is 74.8 Å². The van der Waals surface area contributed by atoms with E-state index in [1.165, 1.54) is 52.1 Å². The van der Waals surface area contributed by atoms with E-state index in [1.807, 2.05) is 0 Å². The van der Waals surface area contributed by atoms with E-state index in [2.05, 4.69) is 42.5 Å². The second kappa shape index (κ2) is 36.6. The number of phenolic OH excluding ortho intramolecular Hbond substituents is 3. The van der Waals surface area contributed by atoms with Crippen molar-refractivity contribution < 1.29 is 140 Å². The van der Waals surface area contributed by atoms with Gasteiger partial charge in [0, 0.05) is 53.2 Å². The number of primary amides is 1. The lowest BCUT2D eigenvalue weighted by Gasteiger charge is -2.48. The van der Waals surface area contributed by atoms with Gasteiger partial charge in [0.05, 0.1) is 59.1 Å². The van der Waals surface area contributed by atoms with Crippen molar-refractivity contribution in [1.82, 2.24) is 42.5 Å². The van der Waals surface area contributed by atoms with E-state index in [0.29, 0.717) is 5.56 Å². The Bertz CT molecular complexity index is 4980. The molecular weight excluding hydrogens is 1660 g/mol. The topological polar surface area (TPSA) is 561 Å². The minimum Gasteiger partial charge on any atom is -0.508 e. The van der Waals surface area contributed by atoms with Crippen LogP contribution in [0.4, 0.5) is 13.2 Å². The monoisotopic (exact) mass is 1750 g/mol. The Labute approximate surface area is 703 Å². The Hall–Kier alpha value is -10.3. The van der Waals surface area contributed by atoms with E-state index in [1.54, 1.807) is 20.8 Å². The molecule has 7 amide bonds. The van der Waals surface area contributed by atoms with Gasteiger partial charge < -0.3 is 143 Å². The number of hydrogen-bond donors (Lipinski definition) is 20. The second-order valence-corrected chi connectivity index (χ2v) is 32.5. The third-order valence-electron chi connectivity index (χ3n) is 22.1. The number of amides is 7. The summed E-state index contributed by atoms with van der Waals surface area (Å²) in [6, 6.07) is 3.16. The fourth-order valence-electron chi connectivity index (χ4n) is 15.5. The molecule has 0 saturated carbocycles. The molecule has 0 radical (unpaired) electrons. The fraction of sp³-hybridized carbons (Fsp3) is 0.457. The predicted octanol–water partition coefficient (Wildman–Crippen LogP) is 3.19. The zero-order valence-electron chi connectivity index (χ0n) is 66.2. The minimum atomic E-state index is -4.65. The molecule has 22 atom stereocenters. The number of phenols is 3. The molecule has 36 nitrogen and oxygen atoms in total. The summed E-state index contributed by atoms with van der Waals surface area (Å²) in [5.41, 5.74) is 5.95. The lowest BCUT2D eigenvalue weighted by Crippen LogP contribution is -2.65. The highest BCUT2D eigenvalue weighted by atomic mass is 35.5. The Morgan fingerprint density at radius 2 is 1.27 bits per heavy atom. The van der Waals surface area contributed by atoms with Crippen LogP contribution in [0.5, 0.6) is 46.0 Å². The van der Waals surface area contributed by atoms with E-state index in [9.17, 15) is 78.6 Å². The molecule has 14 rings (SSSR count). The number of alkyl halides is 3. The summed E-state index contributed by atoms with van der Waals surface area (Å²) in [5, 5.41) is 136. The highest BCUT2D eigenvalue weighted by molar-refractivity contribution is 6.32. The summed E-state index contributed by atoms with van der Waals surface area (Å²) in [4.78, 5) is 120. The number of carbonyl (C=O) groups is 8. The first-order valence-electron chi connectivity index (χ1n) is 38.6. The number of nitrogens with one attached hydrogen (secondary N) is 8. The largest absolute Gasteiger partial charge is 0.508 e. The van der Waals surface area contributed by atoms with E-state index in [0.717, 1.165) is 78.9 Å². The van der Waals surface area contributed by atoms with Gasteiger partial charge in [0.15, 0.2) is 36.2 Å². The highest BCUT2D eigenvalue weighted by Crippen LogP contribution is 2.51. The summed E-state index contributed by atoms with van der Waals surface area (Å²) in [5.74, 6) is -16.7. The molecular formula is C81H93Cl2F3N10O26. The van der Waals surface area contributed by atoms with Crippen molar-refractivity contribution in [2.24, 2.45) is 17.4 Å². The molecule has 0 unspecified atom stereocenters. The Morgan fingerprint density at radius 1 is 0.672 bits per heavy atom. The summed E-state index contributed by atoms with van der Waals surface area (Å²) < 4.78 is 93.2. The van der Waals surface area contributed by atoms with Crippen LogP contribution in [0.25, 0.3) is 11.1 Å². The molecule has 3 fully saturated rings. The number of fused-ring (bicyclic) bond motifs is 15. The van der Waals surface area contributed by atoms with E-state index in [-0.39, 0.29) is 42.9 Å². The average Bonchev–Trinajstić information content (AvgIpc) is 0.763. The number of carbonyl (C=O) groups excluding carboxylic acids is 7. The van der Waals surface area contributed by atoms with Gasteiger partial charge in [-0.15, -0.1) is 0 Å². The SMILES string of the molecule is CN[C@H](CC(C)C)C(=O)N[C@H]1C(=O)N[C@@H](CC(N)=O)C(=O)N[C@H]2C(=O)N[C@H]3C(=O)N[C@H](C(=O)N[C@H](C(=O)O)c4cc(O)cc(O)c4-c4cc3ccc4O)[C@H](O[C@H]3C[C@](C)(N)[C@@H](O)[C@H](C)O3)c3ccc(c(Cl)c3)Oc3cc2cc(c3O[C@@H]2O[C@H](CO)[C@@H](O)[C@H](O)[C@H]2O[C@H]2C[C@](C)(NCc3ccc(C(F)(F)F)cc3)[C@@H](O)[C@H](C)O2)Oc2ccc(cc2Cl)[C@H]1O. The van der Waals surface area contributed by atoms with Crippen molar-refractivity contribution in [3.05, 3.63) is 152 Å². The summed E-state index contributed by atoms with van der Waals surface area (Å²) >= 11 is 14.6. The van der Waals surface area contributed by atoms with Crippen molar-refractivity contribution in [2.75, 3.05) is 13.7 Å². The van der Waals surface area contributed by atoms with Gasteiger partial charge in [0.1, 0.15) is 89.5 Å². The van der Waals surface area contributed by atoms with Crippen LogP contribution in [0, 0.1) is 5.92 Å². The first kappa shape index (κ1) is 90.9. The fourth-order valence-corrected chi connectivity index (χ4v) is 16.0. The molecule has 122 heavy (non-hydrogen) atoms. The molecule has 8 aliphatic rings. The van der Waals surface area contributed by atoms with E-state index in [4.69, 9.17) is 72.6 Å². The summed E-state index contributed by atoms with van der Waals surface area (Å²) in [6.45, 7) is 8.33. The average molecular weight is 1750 g/mol. The molecule has 22 N–H and O–H groups in total. The highest BCUT2D eigenvalue weighted by Gasteiger charge is 2.53. The lowest BCUT2D eigenvalue weighted by molar-refractivity contribution is -0.334. The summed E-state index contributed by atoms with van der Waals surface area (Å²) in [6.07, 6.45) is -28.7. The van der Waals surface area contributed by atoms with Gasteiger partial charge in [0.2, 0.25) is 53.4 Å². The van der Waals surface area contributed by atoms with Gasteiger partial charge in [-0.25, -0.2) is 4.79 Å². The van der Waals surface area contributed by atoms with Gasteiger partial charge in [-0.05, 0) is 142 Å². The lowest BCUT2D eigenvalue weighted by atomic mass is 9.84. The van der Waals surface area contributed by atoms with Crippen molar-refractivity contribution in [1.29, 1.82) is 0 Å². The van der Waals surface area contributed by atoms with Crippen molar-refractivity contribution in [3.8, 4) is 57.1 Å². The Kier molecular flexibility index (Phi) is 27.3. The van der Waals surface area contributed by atoms with Gasteiger partial charge in [-0.3, -0.25) is 33.6 Å². The smallest absolute Gasteiger partial charge is 0.416 e. The number of carboxylic acids is 1. The quantitative estimate of drug-likeness (QED) is 0.0587. The van der Waals surface area contributed by atoms with Crippen LogP contribution in [0.1, 0.15) is 137 Å². The van der Waals surface area contributed by atoms with Crippen LogP contribution in [0.15, 0.2) is 103 Å². The maximum atomic E-state index is 16.5. The number of carboxylic acid groups (broad SMARTS) is 1. The zero-order valence-corrected chi connectivity index (χ0v) is 67.7. The number of aliphatic hydroxyl groups is 6. The number of rotatable bonds is 18. The van der Waals surface area contributed by atoms with Crippen molar-refractivity contribution in [3.63, 3.8) is 0 Å². The number of ether oxygens (including phenoxy) is 8. The molecule has 11 bridgehead atoms. The number of nitrogens with two attached hydrogens (primary N) is 2. The van der Waals surface area contributed by atoms with Gasteiger partial charge in [0.25, 0.3) is 0 Å². The molecule has 41 heteroatoms. The van der Waals surface area contributed by atoms with Gasteiger partial charge in [-0.1, -0.05) is 67.4 Å². The van der Waals surface area contributed by atoms with Gasteiger partial charge >= 0.3 is 12.1 Å². The number of halogens is 5. The van der Waals surface area contributed by atoms with Crippen LogP contribution in [-0.4, -0.2) is 215 Å². The Balaban J connectivity index is 1.09. The molecule has 658 valence electrons. The number of aliphatic carboxylic acids is 1. The third kappa shape index (κ3) is 19.7. The first-order valence-corrected chi connectivity index (χ1v) is 39.4. The molecule has 0 aliphatic carbocycles. The first-order chi connectivity index (χ1) is 57.4. The number of aliphatic hydroxyl groups excluding tert-OH is 6. The standard InChI is InChI=1S/C81H93Cl2F3N10O26/c1-31(2)18-45(89-7)71(107)95-61-63(102)36-11-16-49(43(82)20-36)117-51-22-38-23-52(67(51)122-78-68(65(104)64(103)53(30-97)119-78)121-56-28-80(6,70(106)33(4)116-56)90-29-34-8-13-39(14-9-34)81(84,85)86)118-50-17-12-37(21-44(50)83)66(120-55-27-79(5,88)69(105)32(3)115-55)62-76(112)94-60(77(113)114)42-24-40(98)25-48(100)57(42)41-19-35(10-15-47(41)99)58(73(109)96-62)93-74(110)59(38)92-72(108)46(26-54(87)101)91-75(61)111/h8-17,19-25,31-33,45-46,53,55-56,58-66,68-70,78,89-90,97-100,102-106H,18,26-30,88H2,1-7H3,(H2,87,101)(H,91,111)(H,92,108)(H,93,110)(H,94,112)(H,95,107)(H,96,109)(H,113,114)/t32-,33-,45+,46-,53+,55-,56-,58+,59+,60-,61+,62-,63+,64+,65-,66+,68+,69-,70-,78-,79-,80-/m0/s1. The van der Waals surface area contributed by atoms with Crippen LogP contribution >= 0.6 is 23.2 Å². The van der Waals surface area contributed by atoms with Crippen molar-refractivity contribution >= 4 is 70.5 Å². The summed E-state index contributed by atoms with van der Waals surface area (Å²) in [7, 11) is 1.46. The van der Waals surface area contributed by atoms with Crippen LogP contribution in [0.3, 0.4) is 0 Å². The van der Waals surface area contributed by atoms with E-state index < -0.39 is 289 Å². The molecule has 0 aromatic heterocycles. The number of aromatic hydroxyl groups is 3.